The van der Waals surface area contributed by atoms with Gasteiger partial charge in [0.05, 0.1) is 12.1 Å². The zero-order chi connectivity index (χ0) is 13.4. The number of halogens is 5. The molecule has 6 heteroatoms. The molecule has 1 fully saturated rings. The van der Waals surface area contributed by atoms with Crippen LogP contribution in [-0.2, 0) is 6.18 Å². The van der Waals surface area contributed by atoms with Crippen LogP contribution in [0.3, 0.4) is 0 Å². The van der Waals surface area contributed by atoms with Crippen LogP contribution in [0.25, 0.3) is 0 Å². The van der Waals surface area contributed by atoms with Crippen molar-refractivity contribution in [2.45, 2.75) is 24.9 Å². The van der Waals surface area contributed by atoms with E-state index in [-0.39, 0.29) is 18.5 Å². The van der Waals surface area contributed by atoms with Crippen molar-refractivity contribution in [1.82, 2.24) is 0 Å². The van der Waals surface area contributed by atoms with E-state index in [1.54, 1.807) is 0 Å². The van der Waals surface area contributed by atoms with Crippen LogP contribution in [0.4, 0.5) is 27.6 Å². The minimum Gasteiger partial charge on any atom is -0.365 e. The quantitative estimate of drug-likeness (QED) is 0.695. The lowest BCUT2D eigenvalue weighted by atomic mass is 10.1. The maximum Gasteiger partial charge on any atom is 0.416 e. The first-order valence-corrected chi connectivity index (χ1v) is 5.58. The Morgan fingerprint density at radius 2 is 1.89 bits per heavy atom. The third-order valence-corrected chi connectivity index (χ3v) is 2.93. The van der Waals surface area contributed by atoms with Gasteiger partial charge in [-0.2, -0.15) is 13.2 Å². The molecule has 0 aromatic heterocycles. The lowest BCUT2D eigenvalue weighted by molar-refractivity contribution is -0.137. The Hall–Kier alpha value is -1.33. The van der Waals surface area contributed by atoms with Gasteiger partial charge in [0.25, 0.3) is 5.92 Å². The van der Waals surface area contributed by atoms with Crippen molar-refractivity contribution in [2.24, 2.45) is 0 Å². The van der Waals surface area contributed by atoms with Crippen LogP contribution in [0, 0.1) is 0 Å². The summed E-state index contributed by atoms with van der Waals surface area (Å²) in [5.74, 6) is -2.83. The van der Waals surface area contributed by atoms with Gasteiger partial charge < -0.3 is 4.90 Å². The summed E-state index contributed by atoms with van der Waals surface area (Å²) >= 11 is 0. The highest BCUT2D eigenvalue weighted by Crippen LogP contribution is 2.34. The summed E-state index contributed by atoms with van der Waals surface area (Å²) in [5, 5.41) is 0. The second kappa shape index (κ2) is 4.40. The monoisotopic (exact) mass is 265 g/mol. The average molecular weight is 265 g/mol. The molecule has 1 aromatic carbocycles. The van der Waals surface area contributed by atoms with Crippen molar-refractivity contribution in [3.05, 3.63) is 29.8 Å². The molecule has 1 aromatic rings. The molecule has 0 unspecified atom stereocenters. The number of benzene rings is 1. The van der Waals surface area contributed by atoms with Gasteiger partial charge in [0.2, 0.25) is 0 Å². The van der Waals surface area contributed by atoms with Crippen molar-refractivity contribution in [3.8, 4) is 0 Å². The van der Waals surface area contributed by atoms with Crippen LogP contribution >= 0.6 is 0 Å². The molecule has 0 spiro atoms. The molecular formula is C12H12F5N. The van der Waals surface area contributed by atoms with E-state index in [4.69, 9.17) is 0 Å². The summed E-state index contributed by atoms with van der Waals surface area (Å²) in [4.78, 5) is 1.30. The van der Waals surface area contributed by atoms with E-state index in [2.05, 4.69) is 0 Å². The highest BCUT2D eigenvalue weighted by molar-refractivity contribution is 5.50. The van der Waals surface area contributed by atoms with Gasteiger partial charge in [0.15, 0.2) is 0 Å². The summed E-state index contributed by atoms with van der Waals surface area (Å²) < 4.78 is 64.0. The molecule has 0 amide bonds. The van der Waals surface area contributed by atoms with Crippen LogP contribution < -0.4 is 4.90 Å². The van der Waals surface area contributed by atoms with E-state index in [0.29, 0.717) is 6.54 Å². The van der Waals surface area contributed by atoms with E-state index in [9.17, 15) is 22.0 Å². The Morgan fingerprint density at radius 3 is 2.50 bits per heavy atom. The van der Waals surface area contributed by atoms with Crippen molar-refractivity contribution in [3.63, 3.8) is 0 Å². The van der Waals surface area contributed by atoms with Crippen LogP contribution in [0.5, 0.6) is 0 Å². The minimum atomic E-state index is -4.45. The Morgan fingerprint density at radius 1 is 1.17 bits per heavy atom. The van der Waals surface area contributed by atoms with Crippen molar-refractivity contribution in [2.75, 3.05) is 18.0 Å². The highest BCUT2D eigenvalue weighted by Gasteiger charge is 2.36. The van der Waals surface area contributed by atoms with Gasteiger partial charge in [0, 0.05) is 18.7 Å². The SMILES string of the molecule is FC1(F)CCCN(c2cccc(C(F)(F)F)c2)C1. The number of hydrogen-bond acceptors (Lipinski definition) is 1. The van der Waals surface area contributed by atoms with E-state index in [0.717, 1.165) is 12.1 Å². The Bertz CT molecular complexity index is 427. The Kier molecular flexibility index (Phi) is 3.21. The molecule has 0 radical (unpaired) electrons. The number of nitrogens with zero attached hydrogens (tertiary/aromatic N) is 1. The molecule has 100 valence electrons. The number of hydrogen-bond donors (Lipinski definition) is 0. The van der Waals surface area contributed by atoms with Crippen LogP contribution in [0.1, 0.15) is 18.4 Å². The highest BCUT2D eigenvalue weighted by atomic mass is 19.4. The summed E-state index contributed by atoms with van der Waals surface area (Å²) in [6.45, 7) is -0.161. The molecule has 0 atom stereocenters. The third kappa shape index (κ3) is 2.91. The van der Waals surface area contributed by atoms with Gasteiger partial charge in [-0.3, -0.25) is 0 Å². The topological polar surface area (TPSA) is 3.24 Å². The molecule has 1 aliphatic rings. The largest absolute Gasteiger partial charge is 0.416 e. The summed E-state index contributed by atoms with van der Waals surface area (Å²) in [7, 11) is 0. The van der Waals surface area contributed by atoms with Gasteiger partial charge in [-0.25, -0.2) is 8.78 Å². The van der Waals surface area contributed by atoms with Crippen molar-refractivity contribution >= 4 is 5.69 Å². The molecule has 18 heavy (non-hydrogen) atoms. The van der Waals surface area contributed by atoms with Gasteiger partial charge in [-0.05, 0) is 24.6 Å². The fraction of sp³-hybridized carbons (Fsp3) is 0.500. The number of rotatable bonds is 1. The van der Waals surface area contributed by atoms with Gasteiger partial charge in [-0.1, -0.05) is 6.07 Å². The molecule has 1 saturated heterocycles. The molecule has 0 aliphatic carbocycles. The first kappa shape index (κ1) is 13.1. The molecule has 1 nitrogen and oxygen atoms in total. The van der Waals surface area contributed by atoms with E-state index < -0.39 is 24.2 Å². The number of anilines is 1. The molecule has 1 aliphatic heterocycles. The standard InChI is InChI=1S/C12H12F5N/c13-11(14)5-2-6-18(8-11)10-4-1-3-9(7-10)12(15,16)17/h1,3-4,7H,2,5-6,8H2. The summed E-state index contributed by atoms with van der Waals surface area (Å²) in [5.41, 5.74) is -0.613. The second-order valence-corrected chi connectivity index (χ2v) is 4.43. The van der Waals surface area contributed by atoms with E-state index in [1.165, 1.54) is 17.0 Å². The smallest absolute Gasteiger partial charge is 0.365 e. The maximum absolute atomic E-state index is 13.2. The van der Waals surface area contributed by atoms with Crippen LogP contribution in [0.2, 0.25) is 0 Å². The average Bonchev–Trinajstić information content (AvgIpc) is 2.27. The Labute approximate surface area is 101 Å². The summed E-state index contributed by atoms with van der Waals surface area (Å²) in [6, 6.07) is 4.52. The lowest BCUT2D eigenvalue weighted by Crippen LogP contribution is -2.42. The lowest BCUT2D eigenvalue weighted by Gasteiger charge is -2.34. The molecule has 0 bridgehead atoms. The minimum absolute atomic E-state index is 0.198. The fourth-order valence-corrected chi connectivity index (χ4v) is 2.07. The van der Waals surface area contributed by atoms with Crippen molar-refractivity contribution in [1.29, 1.82) is 0 Å². The van der Waals surface area contributed by atoms with E-state index in [1.807, 2.05) is 0 Å². The normalized spacial score (nSPS) is 19.9. The molecule has 2 rings (SSSR count). The first-order valence-electron chi connectivity index (χ1n) is 5.58. The van der Waals surface area contributed by atoms with Crippen LogP contribution in [0.15, 0.2) is 24.3 Å². The van der Waals surface area contributed by atoms with Gasteiger partial charge in [0.1, 0.15) is 0 Å². The molecule has 0 saturated carbocycles. The van der Waals surface area contributed by atoms with Crippen molar-refractivity contribution < 1.29 is 22.0 Å². The predicted octanol–water partition coefficient (Wildman–Crippen LogP) is 3.94. The summed E-state index contributed by atoms with van der Waals surface area (Å²) in [6.07, 6.45) is -4.37. The van der Waals surface area contributed by atoms with Gasteiger partial charge >= 0.3 is 6.18 Å². The number of piperidine rings is 1. The predicted molar refractivity (Wildman–Crippen MR) is 57.8 cm³/mol. The maximum atomic E-state index is 13.2. The molecular weight excluding hydrogens is 253 g/mol. The third-order valence-electron chi connectivity index (χ3n) is 2.93. The Balaban J connectivity index is 2.23. The van der Waals surface area contributed by atoms with E-state index >= 15 is 0 Å². The first-order chi connectivity index (χ1) is 8.28. The van der Waals surface area contributed by atoms with Gasteiger partial charge in [-0.15, -0.1) is 0 Å². The van der Waals surface area contributed by atoms with Crippen LogP contribution in [-0.4, -0.2) is 19.0 Å². The zero-order valence-corrected chi connectivity index (χ0v) is 9.47. The second-order valence-electron chi connectivity index (χ2n) is 4.43. The molecule has 1 heterocycles. The fourth-order valence-electron chi connectivity index (χ4n) is 2.07. The number of alkyl halides is 5. The molecule has 0 N–H and O–H groups in total. The zero-order valence-electron chi connectivity index (χ0n) is 9.47.